The Labute approximate surface area is 85.5 Å². The number of fused-ring (bicyclic) bond motifs is 1. The predicted molar refractivity (Wildman–Crippen MR) is 57.9 cm³/mol. The molecule has 2 rings (SSSR count). The summed E-state index contributed by atoms with van der Waals surface area (Å²) in [5, 5.41) is 0. The smallest absolute Gasteiger partial charge is 0.122 e. The van der Waals surface area contributed by atoms with Crippen LogP contribution in [0.25, 0.3) is 0 Å². The molecule has 0 amide bonds. The zero-order valence-electron chi connectivity index (χ0n) is 9.08. The van der Waals surface area contributed by atoms with Gasteiger partial charge in [-0.25, -0.2) is 0 Å². The Morgan fingerprint density at radius 2 is 2.14 bits per heavy atom. The van der Waals surface area contributed by atoms with Crippen LogP contribution in [0, 0.1) is 6.92 Å². The Morgan fingerprint density at radius 3 is 2.86 bits per heavy atom. The molecule has 2 heteroatoms. The Bertz CT molecular complexity index is 333. The highest BCUT2D eigenvalue weighted by Crippen LogP contribution is 2.26. The Hall–Kier alpha value is -1.02. The minimum atomic E-state index is 0.518. The summed E-state index contributed by atoms with van der Waals surface area (Å²) >= 11 is 0. The lowest BCUT2D eigenvalue weighted by Crippen LogP contribution is -2.38. The molecule has 1 unspecified atom stereocenters. The highest BCUT2D eigenvalue weighted by atomic mass is 16.5. The van der Waals surface area contributed by atoms with Crippen LogP contribution in [0.4, 0.5) is 0 Å². The van der Waals surface area contributed by atoms with E-state index in [1.54, 1.807) is 0 Å². The first-order chi connectivity index (χ1) is 6.66. The van der Waals surface area contributed by atoms with Crippen molar-refractivity contribution >= 4 is 0 Å². The van der Waals surface area contributed by atoms with Crippen molar-refractivity contribution in [2.75, 3.05) is 20.7 Å². The molecule has 0 saturated heterocycles. The highest BCUT2D eigenvalue weighted by molar-refractivity contribution is 5.38. The van der Waals surface area contributed by atoms with Crippen LogP contribution in [-0.4, -0.2) is 31.6 Å². The van der Waals surface area contributed by atoms with Gasteiger partial charge in [0.25, 0.3) is 0 Å². The van der Waals surface area contributed by atoms with Crippen molar-refractivity contribution in [3.8, 4) is 5.75 Å². The average molecular weight is 191 g/mol. The molecule has 0 bridgehead atoms. The monoisotopic (exact) mass is 191 g/mol. The Kier molecular flexibility index (Phi) is 2.46. The first kappa shape index (κ1) is 9.53. The third kappa shape index (κ3) is 1.75. The third-order valence-electron chi connectivity index (χ3n) is 2.83. The van der Waals surface area contributed by atoms with Crippen LogP contribution >= 0.6 is 0 Å². The number of nitrogens with zero attached hydrogens (tertiary/aromatic N) is 1. The van der Waals surface area contributed by atoms with E-state index in [-0.39, 0.29) is 0 Å². The van der Waals surface area contributed by atoms with Gasteiger partial charge in [-0.1, -0.05) is 17.7 Å². The van der Waals surface area contributed by atoms with E-state index in [4.69, 9.17) is 4.74 Å². The van der Waals surface area contributed by atoms with Crippen LogP contribution in [0.5, 0.6) is 5.75 Å². The average Bonchev–Trinajstić information content (AvgIpc) is 2.16. The summed E-state index contributed by atoms with van der Waals surface area (Å²) in [7, 11) is 4.21. The number of aryl methyl sites for hydroxylation is 1. The topological polar surface area (TPSA) is 12.5 Å². The number of ether oxygens (including phenoxy) is 1. The lowest BCUT2D eigenvalue weighted by atomic mass is 10.0. The first-order valence-corrected chi connectivity index (χ1v) is 5.05. The van der Waals surface area contributed by atoms with E-state index in [1.165, 1.54) is 11.1 Å². The molecule has 2 nitrogen and oxygen atoms in total. The fourth-order valence-electron chi connectivity index (χ4n) is 1.84. The number of hydrogen-bond acceptors (Lipinski definition) is 2. The molecule has 0 saturated carbocycles. The van der Waals surface area contributed by atoms with E-state index in [0.717, 1.165) is 18.8 Å². The van der Waals surface area contributed by atoms with Gasteiger partial charge in [-0.15, -0.1) is 0 Å². The molecule has 1 heterocycles. The van der Waals surface area contributed by atoms with Gasteiger partial charge in [0.1, 0.15) is 12.4 Å². The minimum Gasteiger partial charge on any atom is -0.492 e. The van der Waals surface area contributed by atoms with Crippen molar-refractivity contribution in [3.63, 3.8) is 0 Å². The number of likely N-dealkylation sites (N-methyl/N-ethyl adjacent to an activating group) is 1. The van der Waals surface area contributed by atoms with Crippen molar-refractivity contribution in [1.29, 1.82) is 0 Å². The van der Waals surface area contributed by atoms with Gasteiger partial charge in [-0.2, -0.15) is 0 Å². The van der Waals surface area contributed by atoms with Gasteiger partial charge in [0.2, 0.25) is 0 Å². The van der Waals surface area contributed by atoms with Gasteiger partial charge in [-0.05, 0) is 39.1 Å². The minimum absolute atomic E-state index is 0.518. The molecule has 0 aromatic heterocycles. The quantitative estimate of drug-likeness (QED) is 0.672. The van der Waals surface area contributed by atoms with E-state index in [9.17, 15) is 0 Å². The maximum atomic E-state index is 5.71. The van der Waals surface area contributed by atoms with Gasteiger partial charge in [-0.3, -0.25) is 0 Å². The summed E-state index contributed by atoms with van der Waals surface area (Å²) in [6.45, 7) is 2.93. The third-order valence-corrected chi connectivity index (χ3v) is 2.83. The molecular weight excluding hydrogens is 174 g/mol. The summed E-state index contributed by atoms with van der Waals surface area (Å²) < 4.78 is 5.71. The van der Waals surface area contributed by atoms with Crippen LogP contribution in [0.3, 0.4) is 0 Å². The second-order valence-electron chi connectivity index (χ2n) is 4.24. The normalized spacial score (nSPS) is 20.4. The summed E-state index contributed by atoms with van der Waals surface area (Å²) in [4.78, 5) is 2.23. The number of benzene rings is 1. The second-order valence-corrected chi connectivity index (χ2v) is 4.24. The van der Waals surface area contributed by atoms with Crippen LogP contribution in [0.2, 0.25) is 0 Å². The maximum absolute atomic E-state index is 5.71. The van der Waals surface area contributed by atoms with Crippen LogP contribution in [-0.2, 0) is 6.42 Å². The van der Waals surface area contributed by atoms with Gasteiger partial charge in [0, 0.05) is 6.04 Å². The molecule has 1 aromatic carbocycles. The molecule has 1 aliphatic rings. The van der Waals surface area contributed by atoms with E-state index in [2.05, 4.69) is 44.1 Å². The molecular formula is C12H17NO. The van der Waals surface area contributed by atoms with E-state index in [1.807, 2.05) is 0 Å². The molecule has 0 spiro atoms. The number of hydrogen-bond donors (Lipinski definition) is 0. The van der Waals surface area contributed by atoms with Gasteiger partial charge in [0.05, 0.1) is 0 Å². The van der Waals surface area contributed by atoms with Crippen LogP contribution in [0.1, 0.15) is 11.1 Å². The van der Waals surface area contributed by atoms with E-state index >= 15 is 0 Å². The SMILES string of the molecule is Cc1ccc2c(c1)CC(N(C)C)CO2. The van der Waals surface area contributed by atoms with Crippen LogP contribution < -0.4 is 4.74 Å². The molecule has 1 aromatic rings. The molecule has 0 N–H and O–H groups in total. The molecule has 76 valence electrons. The number of rotatable bonds is 1. The molecule has 14 heavy (non-hydrogen) atoms. The fraction of sp³-hybridized carbons (Fsp3) is 0.500. The predicted octanol–water partition coefficient (Wildman–Crippen LogP) is 1.86. The van der Waals surface area contributed by atoms with Crippen LogP contribution in [0.15, 0.2) is 18.2 Å². The molecule has 1 atom stereocenters. The summed E-state index contributed by atoms with van der Waals surface area (Å²) in [6, 6.07) is 6.93. The Morgan fingerprint density at radius 1 is 1.36 bits per heavy atom. The lowest BCUT2D eigenvalue weighted by molar-refractivity contribution is 0.165. The van der Waals surface area contributed by atoms with Crippen molar-refractivity contribution in [3.05, 3.63) is 29.3 Å². The lowest BCUT2D eigenvalue weighted by Gasteiger charge is -2.30. The fourth-order valence-corrected chi connectivity index (χ4v) is 1.84. The van der Waals surface area contributed by atoms with Gasteiger partial charge < -0.3 is 9.64 Å². The molecule has 1 aliphatic heterocycles. The molecule has 0 fully saturated rings. The summed E-state index contributed by atoms with van der Waals surface area (Å²) in [6.07, 6.45) is 1.10. The molecule has 0 radical (unpaired) electrons. The van der Waals surface area contributed by atoms with Gasteiger partial charge in [0.15, 0.2) is 0 Å². The van der Waals surface area contributed by atoms with E-state index < -0.39 is 0 Å². The van der Waals surface area contributed by atoms with Crippen molar-refractivity contribution in [1.82, 2.24) is 4.90 Å². The van der Waals surface area contributed by atoms with Crippen molar-refractivity contribution < 1.29 is 4.74 Å². The second kappa shape index (κ2) is 3.62. The van der Waals surface area contributed by atoms with Gasteiger partial charge >= 0.3 is 0 Å². The van der Waals surface area contributed by atoms with Crippen molar-refractivity contribution in [2.24, 2.45) is 0 Å². The zero-order chi connectivity index (χ0) is 10.1. The molecule has 0 aliphatic carbocycles. The summed E-state index contributed by atoms with van der Waals surface area (Å²) in [5.74, 6) is 1.06. The first-order valence-electron chi connectivity index (χ1n) is 5.05. The largest absolute Gasteiger partial charge is 0.492 e. The van der Waals surface area contributed by atoms with Crippen molar-refractivity contribution in [2.45, 2.75) is 19.4 Å². The Balaban J connectivity index is 2.24. The maximum Gasteiger partial charge on any atom is 0.122 e. The standard InChI is InChI=1S/C12H17NO/c1-9-4-5-12-10(6-9)7-11(8-14-12)13(2)3/h4-6,11H,7-8H2,1-3H3. The summed E-state index contributed by atoms with van der Waals surface area (Å²) in [5.41, 5.74) is 2.65. The highest BCUT2D eigenvalue weighted by Gasteiger charge is 2.20. The zero-order valence-corrected chi connectivity index (χ0v) is 9.08. The van der Waals surface area contributed by atoms with E-state index in [0.29, 0.717) is 6.04 Å².